The summed E-state index contributed by atoms with van der Waals surface area (Å²) in [4.78, 5) is 0. The molecule has 0 atom stereocenters. The lowest BCUT2D eigenvalue weighted by molar-refractivity contribution is 0.383. The molecule has 2 heteroatoms. The summed E-state index contributed by atoms with van der Waals surface area (Å²) in [7, 11) is 1.46. The molecule has 0 bridgehead atoms. The summed E-state index contributed by atoms with van der Waals surface area (Å²) in [6.45, 7) is 5.30. The fourth-order valence-electron chi connectivity index (χ4n) is 1.08. The van der Waals surface area contributed by atoms with Crippen LogP contribution in [0.5, 0.6) is 5.75 Å². The second-order valence-electron chi connectivity index (χ2n) is 2.52. The molecule has 1 aromatic carbocycles. The molecule has 0 aliphatic heterocycles. The molecule has 0 aromatic heterocycles. The molecule has 1 rings (SSSR count). The Morgan fingerprint density at radius 2 is 2.17 bits per heavy atom. The quantitative estimate of drug-likeness (QED) is 0.656. The van der Waals surface area contributed by atoms with Gasteiger partial charge in [-0.3, -0.25) is 0 Å². The first-order chi connectivity index (χ1) is 5.70. The lowest BCUT2D eigenvalue weighted by Crippen LogP contribution is -1.93. The van der Waals surface area contributed by atoms with Crippen molar-refractivity contribution < 1.29 is 9.13 Å². The van der Waals surface area contributed by atoms with E-state index < -0.39 is 0 Å². The van der Waals surface area contributed by atoms with E-state index in [1.54, 1.807) is 19.1 Å². The zero-order valence-electron chi connectivity index (χ0n) is 7.23. The highest BCUT2D eigenvalue weighted by Crippen LogP contribution is 2.25. The molecule has 0 heterocycles. The Morgan fingerprint density at radius 1 is 1.50 bits per heavy atom. The molecule has 0 N–H and O–H groups in total. The van der Waals surface area contributed by atoms with Crippen molar-refractivity contribution in [2.75, 3.05) is 7.11 Å². The molecule has 0 unspecified atom stereocenters. The van der Waals surface area contributed by atoms with E-state index in [9.17, 15) is 4.39 Å². The molecule has 0 fully saturated rings. The second-order valence-corrected chi connectivity index (χ2v) is 2.52. The summed E-state index contributed by atoms with van der Waals surface area (Å²) in [5, 5.41) is 0. The summed E-state index contributed by atoms with van der Waals surface area (Å²) in [5.41, 5.74) is 1.26. The van der Waals surface area contributed by atoms with Gasteiger partial charge in [-0.25, -0.2) is 4.39 Å². The lowest BCUT2D eigenvalue weighted by atomic mass is 10.1. The molecule has 0 saturated carbocycles. The predicted octanol–water partition coefficient (Wildman–Crippen LogP) is 2.79. The molecule has 0 amide bonds. The van der Waals surface area contributed by atoms with Crippen molar-refractivity contribution in [1.82, 2.24) is 0 Å². The van der Waals surface area contributed by atoms with E-state index in [1.807, 2.05) is 0 Å². The number of hydrogen-bond donors (Lipinski definition) is 0. The first kappa shape index (κ1) is 8.78. The smallest absolute Gasteiger partial charge is 0.172 e. The molecule has 12 heavy (non-hydrogen) atoms. The first-order valence-electron chi connectivity index (χ1n) is 3.66. The first-order valence-corrected chi connectivity index (χ1v) is 3.66. The largest absolute Gasteiger partial charge is 0.493 e. The normalized spacial score (nSPS) is 9.58. The molecule has 1 nitrogen and oxygen atoms in total. The molecule has 0 spiro atoms. The van der Waals surface area contributed by atoms with Gasteiger partial charge in [0.25, 0.3) is 0 Å². The van der Waals surface area contributed by atoms with Crippen LogP contribution in [0.1, 0.15) is 11.1 Å². The fraction of sp³-hybridized carbons (Fsp3) is 0.200. The highest BCUT2D eigenvalue weighted by molar-refractivity contribution is 5.53. The number of ether oxygens (including phenoxy) is 1. The van der Waals surface area contributed by atoms with Crippen LogP contribution in [0.15, 0.2) is 18.7 Å². The Morgan fingerprint density at radius 3 is 2.67 bits per heavy atom. The molecule has 0 aliphatic carbocycles. The number of hydrogen-bond acceptors (Lipinski definition) is 1. The monoisotopic (exact) mass is 166 g/mol. The van der Waals surface area contributed by atoms with Crippen molar-refractivity contribution in [3.05, 3.63) is 35.7 Å². The van der Waals surface area contributed by atoms with Crippen molar-refractivity contribution in [1.29, 1.82) is 0 Å². The van der Waals surface area contributed by atoms with Crippen molar-refractivity contribution in [3.63, 3.8) is 0 Å². The molecule has 0 aliphatic rings. The van der Waals surface area contributed by atoms with E-state index in [2.05, 4.69) is 6.58 Å². The molecule has 0 saturated heterocycles. The Bertz CT molecular complexity index is 305. The highest BCUT2D eigenvalue weighted by atomic mass is 19.1. The van der Waals surface area contributed by atoms with Gasteiger partial charge in [-0.05, 0) is 12.5 Å². The van der Waals surface area contributed by atoms with E-state index in [-0.39, 0.29) is 5.82 Å². The minimum atomic E-state index is -0.340. The SMILES string of the molecule is C=Cc1ccc(C)c(OC)c1F. The molecule has 64 valence electrons. The van der Waals surface area contributed by atoms with Crippen LogP contribution in [0.3, 0.4) is 0 Å². The van der Waals surface area contributed by atoms with E-state index in [4.69, 9.17) is 4.74 Å². The molecule has 1 aromatic rings. The van der Waals surface area contributed by atoms with Crippen LogP contribution < -0.4 is 4.74 Å². The van der Waals surface area contributed by atoms with Gasteiger partial charge in [-0.1, -0.05) is 24.8 Å². The van der Waals surface area contributed by atoms with Crippen LogP contribution in [0, 0.1) is 12.7 Å². The van der Waals surface area contributed by atoms with Crippen LogP contribution in [0.25, 0.3) is 6.08 Å². The Kier molecular flexibility index (Phi) is 2.48. The molecular weight excluding hydrogens is 155 g/mol. The van der Waals surface area contributed by atoms with Gasteiger partial charge in [0.05, 0.1) is 7.11 Å². The van der Waals surface area contributed by atoms with Crippen LogP contribution in [0.4, 0.5) is 4.39 Å². The predicted molar refractivity (Wildman–Crippen MR) is 47.8 cm³/mol. The summed E-state index contributed by atoms with van der Waals surface area (Å²) in [5.74, 6) is -0.0418. The van der Waals surface area contributed by atoms with E-state index in [1.165, 1.54) is 13.2 Å². The zero-order valence-corrected chi connectivity index (χ0v) is 7.23. The van der Waals surface area contributed by atoms with Gasteiger partial charge in [0, 0.05) is 5.56 Å². The summed E-state index contributed by atoms with van der Waals surface area (Å²) >= 11 is 0. The lowest BCUT2D eigenvalue weighted by Gasteiger charge is -2.07. The van der Waals surface area contributed by atoms with Crippen LogP contribution in [0.2, 0.25) is 0 Å². The zero-order chi connectivity index (χ0) is 9.14. The Hall–Kier alpha value is -1.31. The topological polar surface area (TPSA) is 9.23 Å². The van der Waals surface area contributed by atoms with Crippen LogP contribution >= 0.6 is 0 Å². The Labute approximate surface area is 71.5 Å². The van der Waals surface area contributed by atoms with Crippen LogP contribution in [-0.4, -0.2) is 7.11 Å². The summed E-state index contributed by atoms with van der Waals surface area (Å²) < 4.78 is 18.2. The number of rotatable bonds is 2. The van der Waals surface area contributed by atoms with E-state index in [0.29, 0.717) is 11.3 Å². The van der Waals surface area contributed by atoms with Crippen molar-refractivity contribution in [2.24, 2.45) is 0 Å². The average Bonchev–Trinajstić information content (AvgIpc) is 2.06. The van der Waals surface area contributed by atoms with Crippen LogP contribution in [-0.2, 0) is 0 Å². The third-order valence-electron chi connectivity index (χ3n) is 1.75. The molecule has 0 radical (unpaired) electrons. The average molecular weight is 166 g/mol. The second kappa shape index (κ2) is 3.39. The number of aryl methyl sites for hydroxylation is 1. The number of halogens is 1. The Balaban J connectivity index is 3.33. The highest BCUT2D eigenvalue weighted by Gasteiger charge is 2.08. The fourth-order valence-corrected chi connectivity index (χ4v) is 1.08. The van der Waals surface area contributed by atoms with Gasteiger partial charge >= 0.3 is 0 Å². The van der Waals surface area contributed by atoms with Crippen molar-refractivity contribution >= 4 is 6.08 Å². The maximum absolute atomic E-state index is 13.3. The third-order valence-corrected chi connectivity index (χ3v) is 1.75. The third kappa shape index (κ3) is 1.33. The molecular formula is C10H11FO. The van der Waals surface area contributed by atoms with Gasteiger partial charge in [-0.15, -0.1) is 0 Å². The van der Waals surface area contributed by atoms with Gasteiger partial charge in [0.15, 0.2) is 11.6 Å². The van der Waals surface area contributed by atoms with Gasteiger partial charge in [0.1, 0.15) is 0 Å². The van der Waals surface area contributed by atoms with Crippen molar-refractivity contribution in [2.45, 2.75) is 6.92 Å². The van der Waals surface area contributed by atoms with Gasteiger partial charge in [-0.2, -0.15) is 0 Å². The van der Waals surface area contributed by atoms with E-state index in [0.717, 1.165) is 5.56 Å². The van der Waals surface area contributed by atoms with Gasteiger partial charge < -0.3 is 4.74 Å². The van der Waals surface area contributed by atoms with Gasteiger partial charge in [0.2, 0.25) is 0 Å². The van der Waals surface area contributed by atoms with E-state index >= 15 is 0 Å². The summed E-state index contributed by atoms with van der Waals surface area (Å²) in [6.07, 6.45) is 1.47. The standard InChI is InChI=1S/C10H11FO/c1-4-8-6-5-7(2)10(12-3)9(8)11/h4-6H,1H2,2-3H3. The summed E-state index contributed by atoms with van der Waals surface area (Å²) in [6, 6.07) is 3.49. The van der Waals surface area contributed by atoms with Crippen molar-refractivity contribution in [3.8, 4) is 5.75 Å². The maximum atomic E-state index is 13.3. The maximum Gasteiger partial charge on any atom is 0.172 e. The number of methoxy groups -OCH3 is 1. The number of benzene rings is 1. The minimum absolute atomic E-state index is 0.299. The minimum Gasteiger partial charge on any atom is -0.493 e.